The minimum Gasteiger partial charge on any atom is -0.381 e. The van der Waals surface area contributed by atoms with E-state index in [1.165, 1.54) is 30.5 Å². The smallest absolute Gasteiger partial charge is 0.145 e. The van der Waals surface area contributed by atoms with Crippen LogP contribution in [-0.2, 0) is 13.0 Å². The van der Waals surface area contributed by atoms with Crippen LogP contribution in [-0.4, -0.2) is 0 Å². The molecule has 0 unspecified atom stereocenters. The van der Waals surface area contributed by atoms with E-state index >= 15 is 0 Å². The van der Waals surface area contributed by atoms with Gasteiger partial charge in [0.25, 0.3) is 0 Å². The molecule has 0 heterocycles. The molecule has 0 spiro atoms. The van der Waals surface area contributed by atoms with Gasteiger partial charge < -0.3 is 5.32 Å². The Morgan fingerprint density at radius 3 is 2.43 bits per heavy atom. The lowest BCUT2D eigenvalue weighted by atomic mass is 10.1. The van der Waals surface area contributed by atoms with Crippen LogP contribution in [0.1, 0.15) is 30.9 Å². The monoisotopic (exact) mass is 353 g/mol. The van der Waals surface area contributed by atoms with Crippen LogP contribution in [0.5, 0.6) is 0 Å². The summed E-state index contributed by atoms with van der Waals surface area (Å²) in [4.78, 5) is 0. The molecule has 0 bridgehead atoms. The topological polar surface area (TPSA) is 12.0 Å². The summed E-state index contributed by atoms with van der Waals surface area (Å²) in [5.41, 5.74) is 2.18. The van der Waals surface area contributed by atoms with Gasteiger partial charge in [0.05, 0.1) is 4.47 Å². The van der Waals surface area contributed by atoms with Crippen molar-refractivity contribution in [3.8, 4) is 0 Å². The van der Waals surface area contributed by atoms with Crippen LogP contribution in [0.25, 0.3) is 0 Å². The van der Waals surface area contributed by atoms with Gasteiger partial charge in [0.2, 0.25) is 0 Å². The third kappa shape index (κ3) is 4.27. The van der Waals surface area contributed by atoms with Crippen LogP contribution in [0.3, 0.4) is 0 Å². The second-order valence-corrected chi connectivity index (χ2v) is 5.83. The first-order valence-electron chi connectivity index (χ1n) is 7.07. The van der Waals surface area contributed by atoms with Crippen LogP contribution >= 0.6 is 15.9 Å². The average molecular weight is 354 g/mol. The number of halogens is 3. The summed E-state index contributed by atoms with van der Waals surface area (Å²) < 4.78 is 27.8. The maximum Gasteiger partial charge on any atom is 0.145 e. The highest BCUT2D eigenvalue weighted by Crippen LogP contribution is 2.22. The zero-order chi connectivity index (χ0) is 15.2. The Balaban J connectivity index is 2.02. The predicted octanol–water partition coefficient (Wildman–Crippen LogP) is 5.68. The Morgan fingerprint density at radius 1 is 1.05 bits per heavy atom. The van der Waals surface area contributed by atoms with Crippen molar-refractivity contribution in [2.24, 2.45) is 0 Å². The normalized spacial score (nSPS) is 10.7. The minimum atomic E-state index is -0.554. The summed E-state index contributed by atoms with van der Waals surface area (Å²) in [5.74, 6) is -1.09. The molecule has 2 aromatic rings. The van der Waals surface area contributed by atoms with Gasteiger partial charge in [0, 0.05) is 17.8 Å². The van der Waals surface area contributed by atoms with Crippen molar-refractivity contribution in [3.05, 3.63) is 63.6 Å². The summed E-state index contributed by atoms with van der Waals surface area (Å²) in [6.07, 6.45) is 3.40. The van der Waals surface area contributed by atoms with Gasteiger partial charge in [-0.05, 0) is 58.6 Å². The molecular weight excluding hydrogens is 336 g/mol. The summed E-state index contributed by atoms with van der Waals surface area (Å²) in [5, 5.41) is 3.05. The lowest BCUT2D eigenvalue weighted by molar-refractivity contribution is 0.555. The maximum absolute atomic E-state index is 13.8. The van der Waals surface area contributed by atoms with Gasteiger partial charge in [-0.3, -0.25) is 0 Å². The number of benzene rings is 2. The molecule has 2 aromatic carbocycles. The number of rotatable bonds is 6. The van der Waals surface area contributed by atoms with Crippen LogP contribution in [0.4, 0.5) is 14.5 Å². The standard InChI is InChI=1S/C17H18BrF2N/c1-2-3-4-12-5-7-13(8-6-12)21-11-14-16(19)10-9-15(18)17(14)20/h5-10,21H,2-4,11H2,1H3. The molecule has 0 saturated heterocycles. The summed E-state index contributed by atoms with van der Waals surface area (Å²) in [6.45, 7) is 2.28. The second kappa shape index (κ2) is 7.55. The Hall–Kier alpha value is -1.42. The van der Waals surface area contributed by atoms with Crippen molar-refractivity contribution in [1.82, 2.24) is 0 Å². The summed E-state index contributed by atoms with van der Waals surface area (Å²) >= 11 is 3.07. The number of hydrogen-bond donors (Lipinski definition) is 1. The third-order valence-electron chi connectivity index (χ3n) is 3.38. The molecule has 0 aliphatic carbocycles. The Morgan fingerprint density at radius 2 is 1.76 bits per heavy atom. The first kappa shape index (κ1) is 16.0. The highest BCUT2D eigenvalue weighted by molar-refractivity contribution is 9.10. The van der Waals surface area contributed by atoms with Crippen molar-refractivity contribution in [1.29, 1.82) is 0 Å². The lowest BCUT2D eigenvalue weighted by Gasteiger charge is -2.10. The van der Waals surface area contributed by atoms with Gasteiger partial charge in [-0.2, -0.15) is 0 Å². The molecule has 0 aromatic heterocycles. The average Bonchev–Trinajstić information content (AvgIpc) is 2.50. The van der Waals surface area contributed by atoms with E-state index in [0.717, 1.165) is 12.1 Å². The van der Waals surface area contributed by atoms with E-state index in [9.17, 15) is 8.78 Å². The van der Waals surface area contributed by atoms with E-state index in [1.54, 1.807) is 0 Å². The maximum atomic E-state index is 13.8. The molecule has 1 nitrogen and oxygen atoms in total. The van der Waals surface area contributed by atoms with Crippen molar-refractivity contribution in [2.75, 3.05) is 5.32 Å². The van der Waals surface area contributed by atoms with Crippen molar-refractivity contribution >= 4 is 21.6 Å². The zero-order valence-electron chi connectivity index (χ0n) is 11.9. The molecule has 0 aliphatic rings. The fourth-order valence-electron chi connectivity index (χ4n) is 2.09. The van der Waals surface area contributed by atoms with Gasteiger partial charge >= 0.3 is 0 Å². The van der Waals surface area contributed by atoms with Crippen LogP contribution < -0.4 is 5.32 Å². The van der Waals surface area contributed by atoms with Crippen molar-refractivity contribution < 1.29 is 8.78 Å². The molecule has 2 rings (SSSR count). The highest BCUT2D eigenvalue weighted by Gasteiger charge is 2.11. The largest absolute Gasteiger partial charge is 0.381 e. The van der Waals surface area contributed by atoms with E-state index < -0.39 is 11.6 Å². The van der Waals surface area contributed by atoms with Crippen LogP contribution in [0, 0.1) is 11.6 Å². The van der Waals surface area contributed by atoms with E-state index in [-0.39, 0.29) is 16.6 Å². The minimum absolute atomic E-state index is 0.0411. The molecule has 0 aliphatic heterocycles. The van der Waals surface area contributed by atoms with Gasteiger partial charge in [-0.1, -0.05) is 25.5 Å². The molecule has 0 radical (unpaired) electrons. The second-order valence-electron chi connectivity index (χ2n) is 4.98. The van der Waals surface area contributed by atoms with Gasteiger partial charge in [-0.25, -0.2) is 8.78 Å². The fraction of sp³-hybridized carbons (Fsp3) is 0.294. The number of aryl methyl sites for hydroxylation is 1. The Labute approximate surface area is 132 Å². The number of unbranched alkanes of at least 4 members (excludes halogenated alkanes) is 1. The van der Waals surface area contributed by atoms with Crippen LogP contribution in [0.2, 0.25) is 0 Å². The first-order valence-corrected chi connectivity index (χ1v) is 7.86. The summed E-state index contributed by atoms with van der Waals surface area (Å²) in [7, 11) is 0. The van der Waals surface area contributed by atoms with E-state index in [2.05, 4.69) is 28.2 Å². The van der Waals surface area contributed by atoms with Crippen molar-refractivity contribution in [2.45, 2.75) is 32.7 Å². The molecule has 1 N–H and O–H groups in total. The Bertz CT molecular complexity index is 596. The molecule has 112 valence electrons. The molecule has 0 atom stereocenters. The van der Waals surface area contributed by atoms with E-state index in [1.807, 2.05) is 24.3 Å². The van der Waals surface area contributed by atoms with Crippen molar-refractivity contribution in [3.63, 3.8) is 0 Å². The molecule has 4 heteroatoms. The van der Waals surface area contributed by atoms with Gasteiger partial charge in [0.1, 0.15) is 11.6 Å². The molecule has 0 fully saturated rings. The quantitative estimate of drug-likeness (QED) is 0.658. The fourth-order valence-corrected chi connectivity index (χ4v) is 2.46. The van der Waals surface area contributed by atoms with E-state index in [0.29, 0.717) is 0 Å². The zero-order valence-corrected chi connectivity index (χ0v) is 13.5. The number of hydrogen-bond acceptors (Lipinski definition) is 1. The highest BCUT2D eigenvalue weighted by atomic mass is 79.9. The van der Waals surface area contributed by atoms with Gasteiger partial charge in [-0.15, -0.1) is 0 Å². The number of anilines is 1. The molecular formula is C17H18BrF2N. The first-order chi connectivity index (χ1) is 10.1. The van der Waals surface area contributed by atoms with Crippen LogP contribution in [0.15, 0.2) is 40.9 Å². The third-order valence-corrected chi connectivity index (χ3v) is 3.99. The lowest BCUT2D eigenvalue weighted by Crippen LogP contribution is -2.05. The summed E-state index contributed by atoms with van der Waals surface area (Å²) in [6, 6.07) is 10.6. The van der Waals surface area contributed by atoms with E-state index in [4.69, 9.17) is 0 Å². The predicted molar refractivity (Wildman–Crippen MR) is 86.4 cm³/mol. The molecule has 0 saturated carbocycles. The molecule has 21 heavy (non-hydrogen) atoms. The number of nitrogens with one attached hydrogen (secondary N) is 1. The SMILES string of the molecule is CCCCc1ccc(NCc2c(F)ccc(Br)c2F)cc1. The Kier molecular flexibility index (Phi) is 5.74. The van der Waals surface area contributed by atoms with Gasteiger partial charge in [0.15, 0.2) is 0 Å². The molecule has 0 amide bonds.